The number of benzene rings is 2. The van der Waals surface area contributed by atoms with Crippen molar-refractivity contribution in [3.05, 3.63) is 77.9 Å². The van der Waals surface area contributed by atoms with E-state index in [0.29, 0.717) is 17.8 Å². The summed E-state index contributed by atoms with van der Waals surface area (Å²) in [6, 6.07) is 20.9. The second kappa shape index (κ2) is 7.77. The van der Waals surface area contributed by atoms with Crippen LogP contribution in [0, 0.1) is 0 Å². The number of aromatic carboxylic acids is 1. The number of anilines is 1. The predicted molar refractivity (Wildman–Crippen MR) is 100 cm³/mol. The van der Waals surface area contributed by atoms with Crippen LogP contribution < -0.4 is 5.32 Å². The number of hydrogen-bond donors (Lipinski definition) is 2. The van der Waals surface area contributed by atoms with Crippen molar-refractivity contribution in [1.29, 1.82) is 0 Å². The highest BCUT2D eigenvalue weighted by Gasteiger charge is 2.18. The summed E-state index contributed by atoms with van der Waals surface area (Å²) in [7, 11) is 0. The van der Waals surface area contributed by atoms with Crippen molar-refractivity contribution in [3.63, 3.8) is 0 Å². The Morgan fingerprint density at radius 1 is 0.960 bits per heavy atom. The summed E-state index contributed by atoms with van der Waals surface area (Å²) >= 11 is 1.28. The molecule has 0 atom stereocenters. The van der Waals surface area contributed by atoms with Gasteiger partial charge in [0.05, 0.1) is 5.56 Å². The lowest BCUT2D eigenvalue weighted by molar-refractivity contribution is -0.116. The highest BCUT2D eigenvalue weighted by atomic mass is 32.1. The molecule has 0 aliphatic carbocycles. The minimum Gasteiger partial charge on any atom is -0.478 e. The monoisotopic (exact) mass is 351 g/mol. The highest BCUT2D eigenvalue weighted by molar-refractivity contribution is 7.20. The third kappa shape index (κ3) is 4.33. The lowest BCUT2D eigenvalue weighted by Gasteiger charge is -2.04. The Morgan fingerprint density at radius 3 is 2.24 bits per heavy atom. The molecule has 25 heavy (non-hydrogen) atoms. The van der Waals surface area contributed by atoms with E-state index in [2.05, 4.69) is 5.32 Å². The van der Waals surface area contributed by atoms with Gasteiger partial charge >= 0.3 is 5.97 Å². The van der Waals surface area contributed by atoms with Crippen molar-refractivity contribution in [2.75, 3.05) is 5.32 Å². The number of nitrogens with one attached hydrogen (secondary N) is 1. The van der Waals surface area contributed by atoms with Crippen LogP contribution in [0.2, 0.25) is 0 Å². The molecule has 0 spiro atoms. The first-order valence-corrected chi connectivity index (χ1v) is 8.71. The van der Waals surface area contributed by atoms with Gasteiger partial charge in [-0.15, -0.1) is 11.3 Å². The van der Waals surface area contributed by atoms with Crippen LogP contribution in [0.15, 0.2) is 66.7 Å². The van der Waals surface area contributed by atoms with Gasteiger partial charge in [-0.1, -0.05) is 60.7 Å². The number of aryl methyl sites for hydroxylation is 1. The summed E-state index contributed by atoms with van der Waals surface area (Å²) in [5.41, 5.74) is 2.13. The highest BCUT2D eigenvalue weighted by Crippen LogP contribution is 2.35. The normalized spacial score (nSPS) is 10.4. The molecule has 3 rings (SSSR count). The predicted octanol–water partition coefficient (Wildman–Crippen LogP) is 4.68. The van der Waals surface area contributed by atoms with E-state index in [1.54, 1.807) is 6.07 Å². The molecule has 0 unspecified atom stereocenters. The second-order valence-electron chi connectivity index (χ2n) is 5.56. The van der Waals surface area contributed by atoms with Crippen LogP contribution in [0.3, 0.4) is 0 Å². The Balaban J connectivity index is 1.73. The molecular formula is C20H17NO3S. The molecule has 0 saturated carbocycles. The number of carbonyl (C=O) groups excluding carboxylic acids is 1. The van der Waals surface area contributed by atoms with Gasteiger partial charge in [-0.3, -0.25) is 4.79 Å². The van der Waals surface area contributed by atoms with Gasteiger partial charge in [0.25, 0.3) is 0 Å². The molecule has 0 saturated heterocycles. The van der Waals surface area contributed by atoms with E-state index < -0.39 is 5.97 Å². The summed E-state index contributed by atoms with van der Waals surface area (Å²) in [6.07, 6.45) is 0.924. The average molecular weight is 351 g/mol. The molecule has 0 bridgehead atoms. The fourth-order valence-electron chi connectivity index (χ4n) is 2.48. The summed E-state index contributed by atoms with van der Waals surface area (Å²) in [6.45, 7) is 0. The average Bonchev–Trinajstić information content (AvgIpc) is 3.06. The lowest BCUT2D eigenvalue weighted by Crippen LogP contribution is -2.13. The van der Waals surface area contributed by atoms with Crippen LogP contribution in [0.5, 0.6) is 0 Å². The first kappa shape index (κ1) is 16.9. The maximum Gasteiger partial charge on any atom is 0.338 e. The number of carboxylic acids is 1. The zero-order valence-electron chi connectivity index (χ0n) is 13.4. The van der Waals surface area contributed by atoms with E-state index in [4.69, 9.17) is 0 Å². The Morgan fingerprint density at radius 2 is 1.60 bits per heavy atom. The quantitative estimate of drug-likeness (QED) is 0.677. The molecule has 2 N–H and O–H groups in total. The van der Waals surface area contributed by atoms with Crippen molar-refractivity contribution in [2.24, 2.45) is 0 Å². The molecule has 0 radical (unpaired) electrons. The first-order chi connectivity index (χ1) is 12.1. The van der Waals surface area contributed by atoms with Crippen LogP contribution in [0.4, 0.5) is 5.00 Å². The number of hydrogen-bond acceptors (Lipinski definition) is 3. The van der Waals surface area contributed by atoms with Gasteiger partial charge in [-0.05, 0) is 23.6 Å². The third-order valence-electron chi connectivity index (χ3n) is 3.76. The Labute approximate surface area is 149 Å². The third-order valence-corrected chi connectivity index (χ3v) is 4.86. The fourth-order valence-corrected chi connectivity index (χ4v) is 3.55. The SMILES string of the molecule is O=C(CCc1ccccc1)Nc1sc(-c2ccccc2)cc1C(=O)O. The first-order valence-electron chi connectivity index (χ1n) is 7.90. The maximum atomic E-state index is 12.2. The topological polar surface area (TPSA) is 66.4 Å². The van der Waals surface area contributed by atoms with Crippen molar-refractivity contribution in [3.8, 4) is 10.4 Å². The molecular weight excluding hydrogens is 334 g/mol. The summed E-state index contributed by atoms with van der Waals surface area (Å²) < 4.78 is 0. The summed E-state index contributed by atoms with van der Waals surface area (Å²) in [4.78, 5) is 24.5. The largest absolute Gasteiger partial charge is 0.478 e. The van der Waals surface area contributed by atoms with Crippen LogP contribution in [-0.4, -0.2) is 17.0 Å². The Kier molecular flexibility index (Phi) is 5.26. The second-order valence-corrected chi connectivity index (χ2v) is 6.61. The van der Waals surface area contributed by atoms with E-state index in [0.717, 1.165) is 16.0 Å². The lowest BCUT2D eigenvalue weighted by atomic mass is 10.1. The van der Waals surface area contributed by atoms with Gasteiger partial charge < -0.3 is 10.4 Å². The number of carboxylic acid groups (broad SMARTS) is 1. The zero-order valence-corrected chi connectivity index (χ0v) is 14.3. The molecule has 0 fully saturated rings. The van der Waals surface area contributed by atoms with E-state index >= 15 is 0 Å². The van der Waals surface area contributed by atoms with E-state index in [1.807, 2.05) is 60.7 Å². The van der Waals surface area contributed by atoms with Gasteiger partial charge in [0.2, 0.25) is 5.91 Å². The fraction of sp³-hybridized carbons (Fsp3) is 0.100. The van der Waals surface area contributed by atoms with Gasteiger partial charge in [0, 0.05) is 11.3 Å². The van der Waals surface area contributed by atoms with Crippen molar-refractivity contribution < 1.29 is 14.7 Å². The molecule has 5 heteroatoms. The zero-order chi connectivity index (χ0) is 17.6. The van der Waals surface area contributed by atoms with Crippen LogP contribution in [0.1, 0.15) is 22.3 Å². The Bertz CT molecular complexity index is 872. The maximum absolute atomic E-state index is 12.2. The number of thiophene rings is 1. The van der Waals surface area contributed by atoms with Crippen LogP contribution in [-0.2, 0) is 11.2 Å². The van der Waals surface area contributed by atoms with Crippen molar-refractivity contribution in [1.82, 2.24) is 0 Å². The molecule has 1 amide bonds. The molecule has 1 heterocycles. The molecule has 0 aliphatic rings. The molecule has 3 aromatic rings. The van der Waals surface area contributed by atoms with Gasteiger partial charge in [0.1, 0.15) is 5.00 Å². The minimum absolute atomic E-state index is 0.122. The van der Waals surface area contributed by atoms with Crippen molar-refractivity contribution in [2.45, 2.75) is 12.8 Å². The van der Waals surface area contributed by atoms with Crippen LogP contribution >= 0.6 is 11.3 Å². The summed E-state index contributed by atoms with van der Waals surface area (Å²) in [5.74, 6) is -1.23. The molecule has 0 aliphatic heterocycles. The van der Waals surface area contributed by atoms with Gasteiger partial charge in [0.15, 0.2) is 0 Å². The van der Waals surface area contributed by atoms with Gasteiger partial charge in [-0.25, -0.2) is 4.79 Å². The van der Waals surface area contributed by atoms with Crippen LogP contribution in [0.25, 0.3) is 10.4 Å². The Hall–Kier alpha value is -2.92. The van der Waals surface area contributed by atoms with E-state index in [-0.39, 0.29) is 11.5 Å². The minimum atomic E-state index is -1.04. The molecule has 2 aromatic carbocycles. The smallest absolute Gasteiger partial charge is 0.338 e. The standard InChI is InChI=1S/C20H17NO3S/c22-18(12-11-14-7-3-1-4-8-14)21-19-16(20(23)24)13-17(25-19)15-9-5-2-6-10-15/h1-10,13H,11-12H2,(H,21,22)(H,23,24). The van der Waals surface area contributed by atoms with Gasteiger partial charge in [-0.2, -0.15) is 0 Å². The van der Waals surface area contributed by atoms with E-state index in [9.17, 15) is 14.7 Å². The molecule has 1 aromatic heterocycles. The number of amides is 1. The van der Waals surface area contributed by atoms with Crippen molar-refractivity contribution >= 4 is 28.2 Å². The summed E-state index contributed by atoms with van der Waals surface area (Å²) in [5, 5.41) is 12.5. The number of carbonyl (C=O) groups is 2. The van der Waals surface area contributed by atoms with E-state index in [1.165, 1.54) is 11.3 Å². The molecule has 4 nitrogen and oxygen atoms in total. The molecule has 126 valence electrons. The number of rotatable bonds is 6.